The molecular weight excluding hydrogens is 422 g/mol. The molecule has 0 fully saturated rings. The summed E-state index contributed by atoms with van der Waals surface area (Å²) in [6.45, 7) is 1.80. The minimum atomic E-state index is -0.333. The van der Waals surface area contributed by atoms with Gasteiger partial charge in [-0.3, -0.25) is 9.59 Å². The maximum absolute atomic E-state index is 13.0. The standard InChI is InChI=1S/C25H21N3O3S/c1-16-22(32-25(26-16)17-9-4-3-5-10-17)24(30)28-21-14-7-6-13-20(21)23(29)27-18-11-8-12-19(15-18)31-2/h3-15H,1-2H3,(H,27,29)(H,28,30). The van der Waals surface area contributed by atoms with E-state index in [-0.39, 0.29) is 11.8 Å². The van der Waals surface area contributed by atoms with Crippen LogP contribution in [0, 0.1) is 6.92 Å². The van der Waals surface area contributed by atoms with Gasteiger partial charge in [0, 0.05) is 17.3 Å². The smallest absolute Gasteiger partial charge is 0.267 e. The Hall–Kier alpha value is -3.97. The molecule has 2 amide bonds. The second-order valence-corrected chi connectivity index (χ2v) is 7.98. The number of aromatic nitrogens is 1. The zero-order chi connectivity index (χ0) is 22.5. The lowest BCUT2D eigenvalue weighted by atomic mass is 10.1. The predicted molar refractivity (Wildman–Crippen MR) is 128 cm³/mol. The SMILES string of the molecule is COc1cccc(NC(=O)c2ccccc2NC(=O)c2sc(-c3ccccc3)nc2C)c1. The quantitative estimate of drug-likeness (QED) is 0.405. The summed E-state index contributed by atoms with van der Waals surface area (Å²) < 4.78 is 5.20. The lowest BCUT2D eigenvalue weighted by molar-refractivity contribution is 0.102. The number of amides is 2. The first-order valence-corrected chi connectivity index (χ1v) is 10.8. The molecule has 0 unspecified atom stereocenters. The molecule has 4 rings (SSSR count). The number of thiazole rings is 1. The number of nitrogens with one attached hydrogen (secondary N) is 2. The second kappa shape index (κ2) is 9.45. The van der Waals surface area contributed by atoms with Crippen LogP contribution in [-0.4, -0.2) is 23.9 Å². The number of anilines is 2. The van der Waals surface area contributed by atoms with Crippen LogP contribution in [0.1, 0.15) is 25.7 Å². The predicted octanol–water partition coefficient (Wildman–Crippen LogP) is 5.63. The first-order valence-electron chi connectivity index (χ1n) is 9.94. The van der Waals surface area contributed by atoms with E-state index in [2.05, 4.69) is 15.6 Å². The number of carbonyl (C=O) groups excluding carboxylic acids is 2. The summed E-state index contributed by atoms with van der Waals surface area (Å²) in [7, 11) is 1.57. The second-order valence-electron chi connectivity index (χ2n) is 6.99. The van der Waals surface area contributed by atoms with E-state index in [1.165, 1.54) is 11.3 Å². The molecule has 3 aromatic carbocycles. The number of aryl methyl sites for hydroxylation is 1. The normalized spacial score (nSPS) is 10.4. The van der Waals surface area contributed by atoms with Crippen LogP contribution in [0.4, 0.5) is 11.4 Å². The summed E-state index contributed by atoms with van der Waals surface area (Å²) in [5.41, 5.74) is 2.98. The number of hydrogen-bond acceptors (Lipinski definition) is 5. The Bertz CT molecular complexity index is 1270. The van der Waals surface area contributed by atoms with Crippen LogP contribution in [0.5, 0.6) is 5.75 Å². The van der Waals surface area contributed by atoms with Crippen molar-refractivity contribution in [3.63, 3.8) is 0 Å². The fourth-order valence-electron chi connectivity index (χ4n) is 3.18. The molecule has 0 atom stereocenters. The minimum Gasteiger partial charge on any atom is -0.497 e. The van der Waals surface area contributed by atoms with Gasteiger partial charge in [0.1, 0.15) is 15.6 Å². The van der Waals surface area contributed by atoms with Crippen LogP contribution < -0.4 is 15.4 Å². The molecular formula is C25H21N3O3S. The average Bonchev–Trinajstić information content (AvgIpc) is 3.22. The third-order valence-electron chi connectivity index (χ3n) is 4.77. The highest BCUT2D eigenvalue weighted by atomic mass is 32.1. The Balaban J connectivity index is 1.55. The summed E-state index contributed by atoms with van der Waals surface area (Å²) >= 11 is 1.32. The van der Waals surface area contributed by atoms with Crippen LogP contribution in [0.25, 0.3) is 10.6 Å². The number of rotatable bonds is 6. The van der Waals surface area contributed by atoms with Gasteiger partial charge in [0.25, 0.3) is 11.8 Å². The molecule has 0 aliphatic rings. The van der Waals surface area contributed by atoms with Crippen LogP contribution >= 0.6 is 11.3 Å². The van der Waals surface area contributed by atoms with Crippen molar-refractivity contribution in [2.24, 2.45) is 0 Å². The van der Waals surface area contributed by atoms with Gasteiger partial charge in [-0.15, -0.1) is 11.3 Å². The van der Waals surface area contributed by atoms with E-state index in [1.807, 2.05) is 30.3 Å². The van der Waals surface area contributed by atoms with E-state index >= 15 is 0 Å². The molecule has 7 heteroatoms. The van der Waals surface area contributed by atoms with Crippen molar-refractivity contribution in [1.82, 2.24) is 4.98 Å². The molecule has 4 aromatic rings. The van der Waals surface area contributed by atoms with Crippen molar-refractivity contribution in [2.75, 3.05) is 17.7 Å². The van der Waals surface area contributed by atoms with Crippen molar-refractivity contribution in [1.29, 1.82) is 0 Å². The molecule has 1 aromatic heterocycles. The van der Waals surface area contributed by atoms with Gasteiger partial charge in [-0.1, -0.05) is 48.5 Å². The summed E-state index contributed by atoms with van der Waals surface area (Å²) in [4.78, 5) is 30.9. The van der Waals surface area contributed by atoms with Gasteiger partial charge in [0.05, 0.1) is 24.1 Å². The van der Waals surface area contributed by atoms with Crippen molar-refractivity contribution in [2.45, 2.75) is 6.92 Å². The first-order chi connectivity index (χ1) is 15.5. The monoisotopic (exact) mass is 443 g/mol. The Morgan fingerprint density at radius 1 is 0.875 bits per heavy atom. The molecule has 1 heterocycles. The van der Waals surface area contributed by atoms with Gasteiger partial charge in [0.2, 0.25) is 0 Å². The molecule has 0 aliphatic heterocycles. The van der Waals surface area contributed by atoms with E-state index in [0.717, 1.165) is 10.6 Å². The first kappa shape index (κ1) is 21.3. The number of ether oxygens (including phenoxy) is 1. The van der Waals surface area contributed by atoms with Gasteiger partial charge < -0.3 is 15.4 Å². The Labute approximate surface area is 189 Å². The average molecular weight is 444 g/mol. The molecule has 0 spiro atoms. The highest BCUT2D eigenvalue weighted by Crippen LogP contribution is 2.29. The number of methoxy groups -OCH3 is 1. The highest BCUT2D eigenvalue weighted by molar-refractivity contribution is 7.17. The third kappa shape index (κ3) is 4.68. The van der Waals surface area contributed by atoms with E-state index in [9.17, 15) is 9.59 Å². The summed E-state index contributed by atoms with van der Waals surface area (Å²) in [6.07, 6.45) is 0. The maximum Gasteiger partial charge on any atom is 0.267 e. The molecule has 2 N–H and O–H groups in total. The number of nitrogens with zero attached hydrogens (tertiary/aromatic N) is 1. The van der Waals surface area contributed by atoms with Crippen LogP contribution in [0.3, 0.4) is 0 Å². The molecule has 6 nitrogen and oxygen atoms in total. The van der Waals surface area contributed by atoms with Gasteiger partial charge in [-0.05, 0) is 31.2 Å². The number of benzene rings is 3. The van der Waals surface area contributed by atoms with Crippen molar-refractivity contribution >= 4 is 34.5 Å². The van der Waals surface area contributed by atoms with Crippen molar-refractivity contribution in [3.05, 3.63) is 95.0 Å². The lowest BCUT2D eigenvalue weighted by Crippen LogP contribution is -2.18. The van der Waals surface area contributed by atoms with E-state index in [4.69, 9.17) is 4.74 Å². The Kier molecular flexibility index (Phi) is 6.28. The summed E-state index contributed by atoms with van der Waals surface area (Å²) in [6, 6.07) is 23.7. The molecule has 0 saturated heterocycles. The number of hydrogen-bond donors (Lipinski definition) is 2. The van der Waals surface area contributed by atoms with Gasteiger partial charge >= 0.3 is 0 Å². The summed E-state index contributed by atoms with van der Waals surface area (Å²) in [5.74, 6) is 0.00300. The van der Waals surface area contributed by atoms with Crippen molar-refractivity contribution in [3.8, 4) is 16.3 Å². The molecule has 0 radical (unpaired) electrons. The minimum absolute atomic E-state index is 0.302. The summed E-state index contributed by atoms with van der Waals surface area (Å²) in [5, 5.41) is 6.49. The topological polar surface area (TPSA) is 80.3 Å². The largest absolute Gasteiger partial charge is 0.497 e. The van der Waals surface area contributed by atoms with Gasteiger partial charge in [-0.25, -0.2) is 4.98 Å². The van der Waals surface area contributed by atoms with Gasteiger partial charge in [-0.2, -0.15) is 0 Å². The Morgan fingerprint density at radius 3 is 2.41 bits per heavy atom. The van der Waals surface area contributed by atoms with E-state index in [0.29, 0.717) is 33.3 Å². The van der Waals surface area contributed by atoms with Crippen molar-refractivity contribution < 1.29 is 14.3 Å². The molecule has 0 aliphatic carbocycles. The molecule has 0 saturated carbocycles. The fraction of sp³-hybridized carbons (Fsp3) is 0.0800. The Morgan fingerprint density at radius 2 is 1.62 bits per heavy atom. The highest BCUT2D eigenvalue weighted by Gasteiger charge is 2.19. The zero-order valence-electron chi connectivity index (χ0n) is 17.6. The van der Waals surface area contributed by atoms with E-state index < -0.39 is 0 Å². The molecule has 0 bridgehead atoms. The maximum atomic E-state index is 13.0. The third-order valence-corrected chi connectivity index (χ3v) is 5.98. The molecule has 160 valence electrons. The zero-order valence-corrected chi connectivity index (χ0v) is 18.4. The van der Waals surface area contributed by atoms with Crippen LogP contribution in [0.2, 0.25) is 0 Å². The number of carbonyl (C=O) groups is 2. The fourth-order valence-corrected chi connectivity index (χ4v) is 4.15. The van der Waals surface area contributed by atoms with Crippen LogP contribution in [0.15, 0.2) is 78.9 Å². The number of para-hydroxylation sites is 1. The molecule has 32 heavy (non-hydrogen) atoms. The van der Waals surface area contributed by atoms with Gasteiger partial charge in [0.15, 0.2) is 0 Å². The van der Waals surface area contributed by atoms with E-state index in [1.54, 1.807) is 62.6 Å². The lowest BCUT2D eigenvalue weighted by Gasteiger charge is -2.12. The van der Waals surface area contributed by atoms with Crippen LogP contribution in [-0.2, 0) is 0 Å².